The van der Waals surface area contributed by atoms with Crippen molar-refractivity contribution in [1.29, 1.82) is 0 Å². The predicted octanol–water partition coefficient (Wildman–Crippen LogP) is 3.69. The van der Waals surface area contributed by atoms with E-state index in [9.17, 15) is 9.18 Å². The van der Waals surface area contributed by atoms with Gasteiger partial charge in [0.1, 0.15) is 0 Å². The van der Waals surface area contributed by atoms with Crippen LogP contribution >= 0.6 is 0 Å². The molecular weight excluding hydrogens is 407 g/mol. The van der Waals surface area contributed by atoms with E-state index < -0.39 is 0 Å². The fourth-order valence-electron chi connectivity index (χ4n) is 4.67. The number of nitrogens with one attached hydrogen (secondary N) is 1. The molecule has 0 radical (unpaired) electrons. The Kier molecular flexibility index (Phi) is 5.27. The highest BCUT2D eigenvalue weighted by Crippen LogP contribution is 2.35. The van der Waals surface area contributed by atoms with Gasteiger partial charge in [-0.2, -0.15) is 0 Å². The molecule has 2 aromatic carbocycles. The van der Waals surface area contributed by atoms with Gasteiger partial charge in [0, 0.05) is 35.8 Å². The second-order valence-electron chi connectivity index (χ2n) is 8.21. The van der Waals surface area contributed by atoms with Crippen molar-refractivity contribution in [2.24, 2.45) is 5.73 Å². The minimum absolute atomic E-state index is 0.215. The van der Waals surface area contributed by atoms with E-state index in [1.54, 1.807) is 6.07 Å². The number of ether oxygens (including phenoxy) is 1. The van der Waals surface area contributed by atoms with Crippen LogP contribution in [-0.2, 0) is 24.2 Å². The number of carbonyl (C=O) groups excluding carboxylic acids is 1. The van der Waals surface area contributed by atoms with Crippen molar-refractivity contribution in [1.82, 2.24) is 14.9 Å². The van der Waals surface area contributed by atoms with Gasteiger partial charge >= 0.3 is 0 Å². The molecule has 0 aliphatic carbocycles. The molecule has 0 fully saturated rings. The van der Waals surface area contributed by atoms with E-state index in [1.807, 2.05) is 30.0 Å². The number of pyridine rings is 1. The second-order valence-corrected chi connectivity index (χ2v) is 8.21. The van der Waals surface area contributed by atoms with Crippen molar-refractivity contribution < 1.29 is 13.9 Å². The number of hydrogen-bond acceptors (Lipinski definition) is 4. The molecule has 3 N–H and O–H groups in total. The molecular formula is C25H25FN4O2. The van der Waals surface area contributed by atoms with Crippen molar-refractivity contribution in [3.05, 3.63) is 70.8 Å². The molecule has 1 amide bonds. The van der Waals surface area contributed by atoms with Crippen LogP contribution in [0.4, 0.5) is 4.39 Å². The third-order valence-corrected chi connectivity index (χ3v) is 6.01. The van der Waals surface area contributed by atoms with Gasteiger partial charge in [-0.05, 0) is 42.7 Å². The Labute approximate surface area is 185 Å². The van der Waals surface area contributed by atoms with E-state index in [1.165, 1.54) is 17.0 Å². The molecule has 0 saturated heterocycles. The van der Waals surface area contributed by atoms with E-state index in [0.717, 1.165) is 46.3 Å². The predicted molar refractivity (Wildman–Crippen MR) is 122 cm³/mol. The van der Waals surface area contributed by atoms with Crippen molar-refractivity contribution in [3.8, 4) is 5.75 Å². The van der Waals surface area contributed by atoms with E-state index >= 15 is 0 Å². The van der Waals surface area contributed by atoms with Crippen LogP contribution in [0.5, 0.6) is 5.75 Å². The van der Waals surface area contributed by atoms with Crippen LogP contribution in [0.15, 0.2) is 42.5 Å². The van der Waals surface area contributed by atoms with Crippen LogP contribution < -0.4 is 10.5 Å². The molecule has 32 heavy (non-hydrogen) atoms. The Hall–Kier alpha value is -3.45. The highest BCUT2D eigenvalue weighted by atomic mass is 19.1. The SMILES string of the molecule is CCOc1ccc(Cc2nc3c(c4c2[nH]c2ccccc24)CCN(CC(N)=O)C3)cc1F. The first kappa shape index (κ1) is 20.5. The molecule has 3 heterocycles. The molecule has 2 aromatic heterocycles. The van der Waals surface area contributed by atoms with E-state index in [2.05, 4.69) is 17.1 Å². The summed E-state index contributed by atoms with van der Waals surface area (Å²) in [6.07, 6.45) is 1.28. The van der Waals surface area contributed by atoms with Crippen LogP contribution in [-0.4, -0.2) is 40.5 Å². The second kappa shape index (κ2) is 8.24. The number of aromatic amines is 1. The van der Waals surface area contributed by atoms with Crippen LogP contribution in [0.2, 0.25) is 0 Å². The molecule has 0 spiro atoms. The number of aromatic nitrogens is 2. The summed E-state index contributed by atoms with van der Waals surface area (Å²) in [4.78, 5) is 22.0. The normalized spacial score (nSPS) is 14.1. The van der Waals surface area contributed by atoms with E-state index in [4.69, 9.17) is 15.5 Å². The summed E-state index contributed by atoms with van der Waals surface area (Å²) in [5.74, 6) is -0.456. The Morgan fingerprint density at radius 2 is 2.12 bits per heavy atom. The van der Waals surface area contributed by atoms with Crippen LogP contribution in [0, 0.1) is 5.82 Å². The number of para-hydroxylation sites is 1. The summed E-state index contributed by atoms with van der Waals surface area (Å²) >= 11 is 0. The maximum Gasteiger partial charge on any atom is 0.231 e. The lowest BCUT2D eigenvalue weighted by atomic mass is 9.96. The molecule has 5 rings (SSSR count). The zero-order valence-electron chi connectivity index (χ0n) is 18.0. The number of halogens is 1. The summed E-state index contributed by atoms with van der Waals surface area (Å²) in [5.41, 5.74) is 11.3. The van der Waals surface area contributed by atoms with Gasteiger partial charge < -0.3 is 15.5 Å². The van der Waals surface area contributed by atoms with E-state index in [0.29, 0.717) is 19.6 Å². The largest absolute Gasteiger partial charge is 0.491 e. The molecule has 4 aromatic rings. The Morgan fingerprint density at radius 3 is 2.91 bits per heavy atom. The third-order valence-electron chi connectivity index (χ3n) is 6.01. The van der Waals surface area contributed by atoms with Crippen molar-refractivity contribution in [2.45, 2.75) is 26.3 Å². The van der Waals surface area contributed by atoms with Gasteiger partial charge in [0.05, 0.1) is 30.1 Å². The number of H-pyrrole nitrogens is 1. The van der Waals surface area contributed by atoms with Crippen LogP contribution in [0.3, 0.4) is 0 Å². The fraction of sp³-hybridized carbons (Fsp3) is 0.280. The smallest absolute Gasteiger partial charge is 0.231 e. The summed E-state index contributed by atoms with van der Waals surface area (Å²) in [6, 6.07) is 13.3. The molecule has 1 aliphatic heterocycles. The van der Waals surface area contributed by atoms with E-state index in [-0.39, 0.29) is 24.0 Å². The molecule has 0 unspecified atom stereocenters. The van der Waals surface area contributed by atoms with Crippen molar-refractivity contribution in [2.75, 3.05) is 19.7 Å². The number of primary amides is 1. The fourth-order valence-corrected chi connectivity index (χ4v) is 4.67. The number of rotatable bonds is 6. The Bertz CT molecular complexity index is 1330. The summed E-state index contributed by atoms with van der Waals surface area (Å²) in [5, 5.41) is 2.33. The van der Waals surface area contributed by atoms with Gasteiger partial charge in [-0.15, -0.1) is 0 Å². The molecule has 0 atom stereocenters. The average Bonchev–Trinajstić information content (AvgIpc) is 3.15. The van der Waals surface area contributed by atoms with Gasteiger partial charge in [0.2, 0.25) is 5.91 Å². The topological polar surface area (TPSA) is 84.2 Å². The zero-order chi connectivity index (χ0) is 22.2. The molecule has 164 valence electrons. The third kappa shape index (κ3) is 3.69. The van der Waals surface area contributed by atoms with Crippen LogP contribution in [0.1, 0.15) is 29.4 Å². The number of fused-ring (bicyclic) bond motifs is 5. The Balaban J connectivity index is 1.62. The molecule has 0 bridgehead atoms. The number of benzene rings is 2. The maximum absolute atomic E-state index is 14.5. The zero-order valence-corrected chi connectivity index (χ0v) is 18.0. The molecule has 1 aliphatic rings. The monoisotopic (exact) mass is 432 g/mol. The first-order chi connectivity index (χ1) is 15.5. The minimum Gasteiger partial charge on any atom is -0.491 e. The lowest BCUT2D eigenvalue weighted by Crippen LogP contribution is -2.38. The quantitative estimate of drug-likeness (QED) is 0.487. The van der Waals surface area contributed by atoms with Gasteiger partial charge in [-0.25, -0.2) is 4.39 Å². The highest BCUT2D eigenvalue weighted by molar-refractivity contribution is 6.10. The van der Waals surface area contributed by atoms with Crippen LogP contribution in [0.25, 0.3) is 21.8 Å². The van der Waals surface area contributed by atoms with Crippen molar-refractivity contribution >= 4 is 27.7 Å². The highest BCUT2D eigenvalue weighted by Gasteiger charge is 2.24. The molecule has 7 heteroatoms. The van der Waals surface area contributed by atoms with Gasteiger partial charge in [-0.1, -0.05) is 24.3 Å². The van der Waals surface area contributed by atoms with Gasteiger partial charge in [-0.3, -0.25) is 14.7 Å². The lowest BCUT2D eigenvalue weighted by Gasteiger charge is -2.28. The maximum atomic E-state index is 14.5. The summed E-state index contributed by atoms with van der Waals surface area (Å²) in [6.45, 7) is 3.79. The number of hydrogen-bond donors (Lipinski definition) is 2. The van der Waals surface area contributed by atoms with Gasteiger partial charge in [0.15, 0.2) is 11.6 Å². The lowest BCUT2D eigenvalue weighted by molar-refractivity contribution is -0.119. The van der Waals surface area contributed by atoms with Crippen molar-refractivity contribution in [3.63, 3.8) is 0 Å². The number of nitrogens with two attached hydrogens (primary N) is 1. The molecule has 6 nitrogen and oxygen atoms in total. The summed E-state index contributed by atoms with van der Waals surface area (Å²) < 4.78 is 19.8. The van der Waals surface area contributed by atoms with Gasteiger partial charge in [0.25, 0.3) is 0 Å². The standard InChI is InChI=1S/C25H25FN4O2/c1-2-32-22-8-7-15(11-18(22)26)12-20-25-24(16-5-3-4-6-19(16)29-25)17-9-10-30(14-23(27)31)13-21(17)28-20/h3-8,11,29H,2,9-10,12-14H2,1H3,(H2,27,31). The number of amides is 1. The minimum atomic E-state index is -0.372. The number of carbonyl (C=O) groups is 1. The average molecular weight is 432 g/mol. The first-order valence-electron chi connectivity index (χ1n) is 10.9. The first-order valence-corrected chi connectivity index (χ1v) is 10.9. The summed E-state index contributed by atoms with van der Waals surface area (Å²) in [7, 11) is 0. The number of nitrogens with zero attached hydrogens (tertiary/aromatic N) is 2. The molecule has 0 saturated carbocycles. The Morgan fingerprint density at radius 1 is 1.28 bits per heavy atom.